The Hall–Kier alpha value is -1.33. The summed E-state index contributed by atoms with van der Waals surface area (Å²) < 4.78 is 0. The second-order valence-electron chi connectivity index (χ2n) is 3.08. The highest BCUT2D eigenvalue weighted by Crippen LogP contribution is 2.19. The molecule has 0 spiro atoms. The average Bonchev–Trinajstić information content (AvgIpc) is 2.40. The van der Waals surface area contributed by atoms with Crippen molar-refractivity contribution in [3.63, 3.8) is 0 Å². The molecular formula is C13H15N3S2. The largest absolute Gasteiger partial charge is 0.260 e. The van der Waals surface area contributed by atoms with Gasteiger partial charge in [0.15, 0.2) is 0 Å². The van der Waals surface area contributed by atoms with Crippen LogP contribution in [0.5, 0.6) is 0 Å². The number of allylic oxidation sites excluding steroid dienone is 2. The van der Waals surface area contributed by atoms with Crippen LogP contribution < -0.4 is 0 Å². The molecule has 5 heteroatoms. The van der Waals surface area contributed by atoms with E-state index in [0.717, 1.165) is 11.4 Å². The van der Waals surface area contributed by atoms with Crippen molar-refractivity contribution in [2.24, 2.45) is 9.98 Å². The van der Waals surface area contributed by atoms with E-state index in [4.69, 9.17) is 0 Å². The Morgan fingerprint density at radius 2 is 1.44 bits per heavy atom. The summed E-state index contributed by atoms with van der Waals surface area (Å²) in [4.78, 5) is 12.7. The van der Waals surface area contributed by atoms with E-state index in [1.807, 2.05) is 42.9 Å². The van der Waals surface area contributed by atoms with E-state index in [2.05, 4.69) is 15.0 Å². The maximum atomic E-state index is 4.28. The van der Waals surface area contributed by atoms with E-state index in [9.17, 15) is 0 Å². The lowest BCUT2D eigenvalue weighted by atomic mass is 10.4. The molecule has 0 N–H and O–H groups in total. The number of nitrogens with zero attached hydrogens (tertiary/aromatic N) is 3. The first-order chi connectivity index (χ1) is 8.86. The lowest BCUT2D eigenvalue weighted by molar-refractivity contribution is 1.29. The maximum Gasteiger partial charge on any atom is 0.0840 e. The van der Waals surface area contributed by atoms with Crippen LogP contribution in [0.15, 0.2) is 51.4 Å². The molecule has 0 unspecified atom stereocenters. The zero-order chi connectivity index (χ0) is 13.1. The highest BCUT2D eigenvalue weighted by Gasteiger charge is 1.92. The summed E-state index contributed by atoms with van der Waals surface area (Å²) in [5.74, 6) is 0. The van der Waals surface area contributed by atoms with Gasteiger partial charge in [0.05, 0.1) is 34.9 Å². The fourth-order valence-electron chi connectivity index (χ4n) is 0.967. The third kappa shape index (κ3) is 6.42. The zero-order valence-corrected chi connectivity index (χ0v) is 12.0. The Kier molecular flexibility index (Phi) is 7.92. The van der Waals surface area contributed by atoms with E-state index < -0.39 is 0 Å². The third-order valence-corrected chi connectivity index (χ3v) is 2.98. The highest BCUT2D eigenvalue weighted by molar-refractivity contribution is 8.14. The van der Waals surface area contributed by atoms with Crippen molar-refractivity contribution in [2.75, 3.05) is 0 Å². The molecule has 0 saturated heterocycles. The molecule has 0 aromatic carbocycles. The fraction of sp³-hybridized carbons (Fsp3) is 0.154. The summed E-state index contributed by atoms with van der Waals surface area (Å²) in [5, 5.41) is 3.93. The molecule has 0 saturated carbocycles. The number of hydrogen-bond donors (Lipinski definition) is 0. The molecule has 0 aliphatic carbocycles. The van der Waals surface area contributed by atoms with Crippen LogP contribution in [-0.4, -0.2) is 16.1 Å². The standard InChI is InChI=1S/C13H15N3S2/c1-3-5-17-10-15-12-7-13(9-14-8-12)16-11-18-6-4-2/h3-11H,1-2H3/b5-3-,6-4-,15-10+,16-11+. The Bertz CT molecular complexity index is 426. The van der Waals surface area contributed by atoms with Gasteiger partial charge in [0.25, 0.3) is 0 Å². The molecule has 18 heavy (non-hydrogen) atoms. The number of hydrogen-bond acceptors (Lipinski definition) is 5. The van der Waals surface area contributed by atoms with Gasteiger partial charge < -0.3 is 0 Å². The van der Waals surface area contributed by atoms with Crippen LogP contribution in [0.1, 0.15) is 13.8 Å². The Morgan fingerprint density at radius 1 is 0.944 bits per heavy atom. The van der Waals surface area contributed by atoms with E-state index in [1.54, 1.807) is 23.5 Å². The molecule has 0 radical (unpaired) electrons. The smallest absolute Gasteiger partial charge is 0.0840 e. The van der Waals surface area contributed by atoms with E-state index in [1.165, 1.54) is 23.5 Å². The first-order valence-corrected chi connectivity index (χ1v) is 7.28. The minimum atomic E-state index is 0.803. The number of pyridine rings is 1. The third-order valence-electron chi connectivity index (χ3n) is 1.66. The van der Waals surface area contributed by atoms with Crippen molar-refractivity contribution < 1.29 is 0 Å². The highest BCUT2D eigenvalue weighted by atomic mass is 32.2. The lowest BCUT2D eigenvalue weighted by Gasteiger charge is -1.94. The van der Waals surface area contributed by atoms with Gasteiger partial charge in [0, 0.05) is 0 Å². The van der Waals surface area contributed by atoms with Gasteiger partial charge in [0.1, 0.15) is 0 Å². The Balaban J connectivity index is 2.61. The number of aromatic nitrogens is 1. The molecule has 0 fully saturated rings. The van der Waals surface area contributed by atoms with Crippen LogP contribution in [-0.2, 0) is 0 Å². The molecule has 94 valence electrons. The van der Waals surface area contributed by atoms with Crippen molar-refractivity contribution >= 4 is 46.0 Å². The summed E-state index contributed by atoms with van der Waals surface area (Å²) >= 11 is 3.05. The SMILES string of the molecule is C/C=C\S/C=N/c1cncc(/N=C/S/C=C\C)c1. The van der Waals surface area contributed by atoms with Gasteiger partial charge >= 0.3 is 0 Å². The summed E-state index contributed by atoms with van der Waals surface area (Å²) in [6.07, 6.45) is 7.36. The van der Waals surface area contributed by atoms with Gasteiger partial charge in [0.2, 0.25) is 0 Å². The molecular weight excluding hydrogens is 262 g/mol. The molecule has 0 atom stereocenters. The molecule has 1 aromatic heterocycles. The van der Waals surface area contributed by atoms with Crippen molar-refractivity contribution in [3.8, 4) is 0 Å². The van der Waals surface area contributed by atoms with Crippen LogP contribution in [0.4, 0.5) is 11.4 Å². The van der Waals surface area contributed by atoms with Crippen LogP contribution in [0.25, 0.3) is 0 Å². The molecule has 0 aliphatic rings. The molecule has 0 amide bonds. The Morgan fingerprint density at radius 3 is 1.89 bits per heavy atom. The number of thioether (sulfide) groups is 2. The first kappa shape index (κ1) is 14.7. The maximum absolute atomic E-state index is 4.28. The molecule has 1 rings (SSSR count). The quantitative estimate of drug-likeness (QED) is 0.546. The Labute approximate surface area is 116 Å². The second-order valence-corrected chi connectivity index (χ2v) is 4.59. The van der Waals surface area contributed by atoms with Gasteiger partial charge in [-0.25, -0.2) is 9.98 Å². The predicted molar refractivity (Wildman–Crippen MR) is 85.4 cm³/mol. The normalized spacial score (nSPS) is 12.6. The first-order valence-electron chi connectivity index (χ1n) is 5.40. The van der Waals surface area contributed by atoms with E-state index >= 15 is 0 Å². The molecule has 0 bridgehead atoms. The molecule has 3 nitrogen and oxygen atoms in total. The van der Waals surface area contributed by atoms with Crippen molar-refractivity contribution in [3.05, 3.63) is 41.4 Å². The van der Waals surface area contributed by atoms with Crippen LogP contribution >= 0.6 is 23.5 Å². The summed E-state index contributed by atoms with van der Waals surface area (Å²) in [7, 11) is 0. The molecule has 1 heterocycles. The van der Waals surface area contributed by atoms with Crippen LogP contribution in [0, 0.1) is 0 Å². The summed E-state index contributed by atoms with van der Waals surface area (Å²) in [6.45, 7) is 3.94. The van der Waals surface area contributed by atoms with Gasteiger partial charge in [-0.05, 0) is 30.7 Å². The van der Waals surface area contributed by atoms with Crippen LogP contribution in [0.2, 0.25) is 0 Å². The lowest BCUT2D eigenvalue weighted by Crippen LogP contribution is -1.72. The summed E-state index contributed by atoms with van der Waals surface area (Å²) in [6, 6.07) is 1.90. The van der Waals surface area contributed by atoms with E-state index in [0.29, 0.717) is 0 Å². The summed E-state index contributed by atoms with van der Waals surface area (Å²) in [5.41, 5.74) is 5.16. The van der Waals surface area contributed by atoms with Gasteiger partial charge in [-0.3, -0.25) is 4.98 Å². The number of aliphatic imine (C=N–C) groups is 2. The predicted octanol–water partition coefficient (Wildman–Crippen LogP) is 4.93. The van der Waals surface area contributed by atoms with Gasteiger partial charge in [-0.15, -0.1) is 0 Å². The molecule has 1 aromatic rings. The topological polar surface area (TPSA) is 37.6 Å². The minimum absolute atomic E-state index is 0.803. The van der Waals surface area contributed by atoms with Gasteiger partial charge in [-0.2, -0.15) is 0 Å². The van der Waals surface area contributed by atoms with E-state index in [-0.39, 0.29) is 0 Å². The number of rotatable bonds is 6. The van der Waals surface area contributed by atoms with Gasteiger partial charge in [-0.1, -0.05) is 35.7 Å². The average molecular weight is 277 g/mol. The second kappa shape index (κ2) is 9.67. The van der Waals surface area contributed by atoms with Crippen molar-refractivity contribution in [2.45, 2.75) is 13.8 Å². The minimum Gasteiger partial charge on any atom is -0.260 e. The monoisotopic (exact) mass is 277 g/mol. The molecule has 0 aliphatic heterocycles. The van der Waals surface area contributed by atoms with Crippen molar-refractivity contribution in [1.29, 1.82) is 0 Å². The van der Waals surface area contributed by atoms with Crippen LogP contribution in [0.3, 0.4) is 0 Å². The van der Waals surface area contributed by atoms with Crippen molar-refractivity contribution in [1.82, 2.24) is 4.98 Å². The zero-order valence-electron chi connectivity index (χ0n) is 10.4. The fourth-order valence-corrected chi connectivity index (χ4v) is 1.79.